The molecule has 4 N–H and O–H groups in total. The fraction of sp³-hybridized carbons (Fsp3) is 0.776. The number of allylic oxidation sites excluding steroid dienone is 12. The maximum absolute atomic E-state index is 12.9. The van der Waals surface area contributed by atoms with Crippen LogP contribution >= 0.6 is 15.6 Å². The quantitative estimate of drug-likeness (QED) is 0.0146. The molecule has 0 amide bonds. The molecule has 0 heterocycles. The van der Waals surface area contributed by atoms with Gasteiger partial charge in [0, 0.05) is 19.3 Å². The molecule has 16 nitrogen and oxygen atoms in total. The Bertz CT molecular complexity index is 1850. The molecule has 0 radical (unpaired) electrons. The van der Waals surface area contributed by atoms with Crippen molar-refractivity contribution in [2.45, 2.75) is 296 Å². The van der Waals surface area contributed by atoms with E-state index in [-0.39, 0.29) is 19.3 Å². The molecule has 0 saturated heterocycles. The summed E-state index contributed by atoms with van der Waals surface area (Å²) in [5, 5.41) is 20.5. The summed E-state index contributed by atoms with van der Waals surface area (Å²) in [4.78, 5) is 58.2. The normalized spacial score (nSPS) is 14.8. The zero-order valence-corrected chi connectivity index (χ0v) is 55.1. The van der Waals surface area contributed by atoms with Crippen molar-refractivity contribution in [2.75, 3.05) is 39.6 Å². The molecule has 0 saturated carbocycles. The average molecular weight is 1240 g/mol. The Balaban J connectivity index is 4.61. The van der Waals surface area contributed by atoms with Gasteiger partial charge in [-0.15, -0.1) is 0 Å². The van der Waals surface area contributed by atoms with Gasteiger partial charge in [-0.3, -0.25) is 32.5 Å². The minimum atomic E-state index is -4.92. The number of hydrogen-bond donors (Lipinski definition) is 4. The molecular formula is C67H120O16P2. The second kappa shape index (κ2) is 61.2. The number of carbonyl (C=O) groups is 3. The molecule has 0 fully saturated rings. The number of phosphoric acid groups is 2. The smallest absolute Gasteiger partial charge is 0.463 e. The SMILES string of the molecule is CC/C=C\C/C=C\C/C=C\C/C=C\C/C=C\CCCCCCCC(=O)OCC(O)COP(=O)(O)OCC(O)COP(=O)(O)OCC(COC(=O)CCCCCCC/C=C\CCCCCCCC)OC(=O)CCCCCCCCCCCCCCC. The van der Waals surface area contributed by atoms with E-state index >= 15 is 0 Å². The second-order valence-electron chi connectivity index (χ2n) is 22.2. The van der Waals surface area contributed by atoms with Gasteiger partial charge in [0.1, 0.15) is 25.4 Å². The fourth-order valence-corrected chi connectivity index (χ4v) is 10.4. The highest BCUT2D eigenvalue weighted by molar-refractivity contribution is 7.47. The third-order valence-electron chi connectivity index (χ3n) is 13.9. The van der Waals surface area contributed by atoms with E-state index in [0.29, 0.717) is 19.3 Å². The van der Waals surface area contributed by atoms with E-state index in [1.807, 2.05) is 0 Å². The van der Waals surface area contributed by atoms with Gasteiger partial charge in [0.2, 0.25) is 0 Å². The largest absolute Gasteiger partial charge is 0.472 e. The molecule has 0 aromatic carbocycles. The molecular weight excluding hydrogens is 1120 g/mol. The van der Waals surface area contributed by atoms with Crippen LogP contribution in [0.4, 0.5) is 0 Å². The van der Waals surface area contributed by atoms with Gasteiger partial charge in [0.05, 0.1) is 26.4 Å². The molecule has 0 aliphatic carbocycles. The van der Waals surface area contributed by atoms with Gasteiger partial charge in [0.25, 0.3) is 0 Å². The lowest BCUT2D eigenvalue weighted by molar-refractivity contribution is -0.161. The number of carbonyl (C=O) groups excluding carboxylic acids is 3. The van der Waals surface area contributed by atoms with Crippen LogP contribution < -0.4 is 0 Å². The van der Waals surface area contributed by atoms with E-state index in [0.717, 1.165) is 128 Å². The first-order valence-corrected chi connectivity index (χ1v) is 36.2. The molecule has 18 heteroatoms. The minimum absolute atomic E-state index is 0.108. The number of aliphatic hydroxyl groups is 2. The molecule has 0 rings (SSSR count). The van der Waals surface area contributed by atoms with Crippen LogP contribution in [0.5, 0.6) is 0 Å². The molecule has 0 aromatic heterocycles. The number of ether oxygens (including phenoxy) is 3. The van der Waals surface area contributed by atoms with E-state index in [1.54, 1.807) is 0 Å². The maximum atomic E-state index is 12.9. The van der Waals surface area contributed by atoms with Gasteiger partial charge < -0.3 is 34.2 Å². The van der Waals surface area contributed by atoms with Crippen molar-refractivity contribution in [3.8, 4) is 0 Å². The first-order valence-electron chi connectivity index (χ1n) is 33.2. The van der Waals surface area contributed by atoms with Crippen LogP contribution in [-0.4, -0.2) is 95.9 Å². The van der Waals surface area contributed by atoms with Crippen LogP contribution in [0.15, 0.2) is 72.9 Å². The van der Waals surface area contributed by atoms with Crippen LogP contribution in [0, 0.1) is 0 Å². The molecule has 5 atom stereocenters. The summed E-state index contributed by atoms with van der Waals surface area (Å²) in [5.41, 5.74) is 0. The van der Waals surface area contributed by atoms with E-state index in [2.05, 4.69) is 93.7 Å². The van der Waals surface area contributed by atoms with E-state index < -0.39 is 91.5 Å². The van der Waals surface area contributed by atoms with E-state index in [9.17, 15) is 43.5 Å². The Kier molecular flexibility index (Phi) is 59.1. The number of esters is 3. The zero-order valence-electron chi connectivity index (χ0n) is 53.3. The number of phosphoric ester groups is 2. The predicted octanol–water partition coefficient (Wildman–Crippen LogP) is 18.0. The van der Waals surface area contributed by atoms with Gasteiger partial charge in [-0.1, -0.05) is 241 Å². The first kappa shape index (κ1) is 82.0. The highest BCUT2D eigenvalue weighted by Gasteiger charge is 2.29. The monoisotopic (exact) mass is 1240 g/mol. The Morgan fingerprint density at radius 2 is 0.624 bits per heavy atom. The fourth-order valence-electron chi connectivity index (χ4n) is 8.83. The summed E-state index contributed by atoms with van der Waals surface area (Å²) in [7, 11) is -9.77. The zero-order chi connectivity index (χ0) is 62.4. The number of rotatable bonds is 63. The van der Waals surface area contributed by atoms with Crippen LogP contribution in [0.1, 0.15) is 278 Å². The predicted molar refractivity (Wildman–Crippen MR) is 344 cm³/mol. The summed E-state index contributed by atoms with van der Waals surface area (Å²) in [6.07, 6.45) is 62.4. The Morgan fingerprint density at radius 1 is 0.341 bits per heavy atom. The van der Waals surface area contributed by atoms with Crippen molar-refractivity contribution < 1.29 is 75.8 Å². The topological polar surface area (TPSA) is 231 Å². The van der Waals surface area contributed by atoms with Gasteiger partial charge >= 0.3 is 33.6 Å². The van der Waals surface area contributed by atoms with Crippen LogP contribution in [-0.2, 0) is 55.8 Å². The highest BCUT2D eigenvalue weighted by Crippen LogP contribution is 2.45. The van der Waals surface area contributed by atoms with Crippen LogP contribution in [0.2, 0.25) is 0 Å². The van der Waals surface area contributed by atoms with Crippen molar-refractivity contribution in [1.29, 1.82) is 0 Å². The standard InChI is InChI=1S/C67H120O16P2/c1-4-7-10-13-16-19-22-25-27-28-29-30-31-32-34-37-38-41-44-47-50-53-65(70)77-56-62(68)57-79-84(73,74)80-58-63(69)59-81-85(75,76)82-61-64(83-67(72)55-52-49-46-43-40-35-24-21-18-15-12-9-6-3)60-78-66(71)54-51-48-45-42-39-36-33-26-23-20-17-14-11-8-5-2/h7,10,16,19,25-27,29-30,32-34,62-64,68-69H,4-6,8-9,11-15,17-18,20-24,28,31,35-61H2,1-3H3,(H,73,74)(H,75,76)/b10-7-,19-16-,27-25-,30-29-,33-26-,34-32-. The van der Waals surface area contributed by atoms with E-state index in [1.165, 1.54) is 89.9 Å². The van der Waals surface area contributed by atoms with Gasteiger partial charge in [-0.25, -0.2) is 9.13 Å². The summed E-state index contributed by atoms with van der Waals surface area (Å²) >= 11 is 0. The average Bonchev–Trinajstić information content (AvgIpc) is 3.51. The lowest BCUT2D eigenvalue weighted by atomic mass is 10.0. The Hall–Kier alpha value is -3.01. The number of aliphatic hydroxyl groups excluding tert-OH is 2. The van der Waals surface area contributed by atoms with Crippen LogP contribution in [0.3, 0.4) is 0 Å². The van der Waals surface area contributed by atoms with E-state index in [4.69, 9.17) is 32.3 Å². The summed E-state index contributed by atoms with van der Waals surface area (Å²) in [5.74, 6) is -1.59. The van der Waals surface area contributed by atoms with Gasteiger partial charge in [0.15, 0.2) is 6.10 Å². The number of unbranched alkanes of at least 4 members (excludes halogenated alkanes) is 28. The molecule has 5 unspecified atom stereocenters. The lowest BCUT2D eigenvalue weighted by Gasteiger charge is -2.21. The molecule has 85 heavy (non-hydrogen) atoms. The molecule has 0 bridgehead atoms. The molecule has 0 spiro atoms. The van der Waals surface area contributed by atoms with Crippen molar-refractivity contribution in [1.82, 2.24) is 0 Å². The third-order valence-corrected chi connectivity index (χ3v) is 15.8. The molecule has 0 aliphatic heterocycles. The van der Waals surface area contributed by atoms with Crippen molar-refractivity contribution in [3.05, 3.63) is 72.9 Å². The Labute approximate surface area is 515 Å². The molecule has 0 aliphatic rings. The summed E-state index contributed by atoms with van der Waals surface area (Å²) in [6.45, 7) is 2.53. The van der Waals surface area contributed by atoms with Crippen molar-refractivity contribution >= 4 is 33.6 Å². The second-order valence-corrected chi connectivity index (χ2v) is 25.2. The maximum Gasteiger partial charge on any atom is 0.472 e. The molecule has 494 valence electrons. The van der Waals surface area contributed by atoms with Crippen LogP contribution in [0.25, 0.3) is 0 Å². The third kappa shape index (κ3) is 62.4. The lowest BCUT2D eigenvalue weighted by Crippen LogP contribution is -2.30. The summed E-state index contributed by atoms with van der Waals surface area (Å²) in [6, 6.07) is 0. The Morgan fingerprint density at radius 3 is 1.00 bits per heavy atom. The highest BCUT2D eigenvalue weighted by atomic mass is 31.2. The first-order chi connectivity index (χ1) is 41.2. The van der Waals surface area contributed by atoms with Crippen molar-refractivity contribution in [2.24, 2.45) is 0 Å². The van der Waals surface area contributed by atoms with Gasteiger partial charge in [-0.05, 0) is 89.9 Å². The minimum Gasteiger partial charge on any atom is -0.463 e. The molecule has 0 aromatic rings. The summed E-state index contributed by atoms with van der Waals surface area (Å²) < 4.78 is 60.8. The van der Waals surface area contributed by atoms with Crippen molar-refractivity contribution in [3.63, 3.8) is 0 Å². The van der Waals surface area contributed by atoms with Gasteiger partial charge in [-0.2, -0.15) is 0 Å². The number of hydrogen-bond acceptors (Lipinski definition) is 14.